The van der Waals surface area contributed by atoms with Crippen LogP contribution in [0.5, 0.6) is 0 Å². The van der Waals surface area contributed by atoms with Gasteiger partial charge in [0.1, 0.15) is 29.0 Å². The van der Waals surface area contributed by atoms with Crippen LogP contribution in [-0.2, 0) is 11.3 Å². The minimum atomic E-state index is -4.90. The normalized spacial score (nSPS) is 14.2. The Labute approximate surface area is 189 Å². The number of nitrogens with one attached hydrogen (secondary N) is 1. The molecule has 0 bridgehead atoms. The van der Waals surface area contributed by atoms with Crippen molar-refractivity contribution in [3.8, 4) is 11.3 Å². The first-order valence-electron chi connectivity index (χ1n) is 9.45. The Morgan fingerprint density at radius 3 is 2.45 bits per heavy atom. The van der Waals surface area contributed by atoms with Crippen molar-refractivity contribution in [2.45, 2.75) is 18.8 Å². The molecule has 6 nitrogen and oxygen atoms in total. The molecule has 0 radical (unpaired) electrons. The first-order valence-corrected chi connectivity index (χ1v) is 9.82. The number of imidazole rings is 1. The van der Waals surface area contributed by atoms with Gasteiger partial charge in [0.15, 0.2) is 6.04 Å². The highest BCUT2D eigenvalue weighted by atomic mass is 35.5. The van der Waals surface area contributed by atoms with Crippen molar-refractivity contribution in [1.82, 2.24) is 14.5 Å². The predicted octanol–water partition coefficient (Wildman–Crippen LogP) is 4.89. The summed E-state index contributed by atoms with van der Waals surface area (Å²) in [5.74, 6) is -1.96. The number of nitrogens with two attached hydrogens (primary N) is 1. The lowest BCUT2D eigenvalue weighted by Crippen LogP contribution is -2.50. The first-order chi connectivity index (χ1) is 15.5. The third-order valence-electron chi connectivity index (χ3n) is 4.89. The number of rotatable bonds is 4. The summed E-state index contributed by atoms with van der Waals surface area (Å²) < 4.78 is 67.5. The molecule has 0 spiro atoms. The monoisotopic (exact) mass is 483 g/mol. The molecule has 12 heteroatoms. The summed E-state index contributed by atoms with van der Waals surface area (Å²) in [6, 6.07) is 6.69. The molecular weight excluding hydrogens is 469 g/mol. The Hall–Kier alpha value is -3.44. The van der Waals surface area contributed by atoms with E-state index < -0.39 is 29.8 Å². The van der Waals surface area contributed by atoms with Crippen LogP contribution < -0.4 is 11.1 Å². The van der Waals surface area contributed by atoms with Crippen LogP contribution in [0.4, 0.5) is 33.5 Å². The molecule has 1 aliphatic heterocycles. The third-order valence-corrected chi connectivity index (χ3v) is 5.20. The van der Waals surface area contributed by atoms with Gasteiger partial charge >= 0.3 is 6.18 Å². The number of hydrogen-bond donors (Lipinski definition) is 2. The molecule has 1 aromatic heterocycles. The summed E-state index contributed by atoms with van der Waals surface area (Å²) in [5, 5.41) is 2.92. The molecule has 1 unspecified atom stereocenters. The molecule has 1 atom stereocenters. The maximum Gasteiger partial charge on any atom is 0.412 e. The molecule has 172 valence electrons. The van der Waals surface area contributed by atoms with Gasteiger partial charge in [0.2, 0.25) is 0 Å². The van der Waals surface area contributed by atoms with Crippen LogP contribution in [-0.4, -0.2) is 32.6 Å². The van der Waals surface area contributed by atoms with Gasteiger partial charge in [0.25, 0.3) is 5.91 Å². The number of carbonyl (C=O) groups excluding carboxylic acids is 1. The number of benzene rings is 2. The van der Waals surface area contributed by atoms with E-state index in [9.17, 15) is 26.7 Å². The fourth-order valence-corrected chi connectivity index (χ4v) is 3.33. The molecule has 0 fully saturated rings. The zero-order chi connectivity index (χ0) is 23.9. The van der Waals surface area contributed by atoms with E-state index in [-0.39, 0.29) is 17.4 Å². The molecule has 0 aliphatic carbocycles. The van der Waals surface area contributed by atoms with Crippen molar-refractivity contribution >= 4 is 35.2 Å². The Kier molecular flexibility index (Phi) is 5.85. The van der Waals surface area contributed by atoms with E-state index in [1.54, 1.807) is 0 Å². The minimum absolute atomic E-state index is 0.0790. The number of carbonyl (C=O) groups is 1. The second-order valence-corrected chi connectivity index (χ2v) is 7.55. The van der Waals surface area contributed by atoms with Crippen LogP contribution in [0, 0.1) is 11.6 Å². The number of amides is 1. The number of hydrogen-bond acceptors (Lipinski definition) is 4. The Bertz CT molecular complexity index is 1240. The van der Waals surface area contributed by atoms with Crippen LogP contribution in [0.1, 0.15) is 5.82 Å². The predicted molar refractivity (Wildman–Crippen MR) is 112 cm³/mol. The minimum Gasteiger partial charge on any atom is -0.339 e. The quantitative estimate of drug-likeness (QED) is 0.518. The molecule has 3 N–H and O–H groups in total. The van der Waals surface area contributed by atoms with E-state index in [0.29, 0.717) is 22.8 Å². The summed E-state index contributed by atoms with van der Waals surface area (Å²) in [7, 11) is 0. The van der Waals surface area contributed by atoms with Crippen molar-refractivity contribution in [2.75, 3.05) is 5.32 Å². The average Bonchev–Trinajstić information content (AvgIpc) is 3.12. The average molecular weight is 484 g/mol. The highest BCUT2D eigenvalue weighted by Crippen LogP contribution is 2.34. The Balaban J connectivity index is 1.74. The number of aromatic nitrogens is 2. The highest BCUT2D eigenvalue weighted by molar-refractivity contribution is 6.30. The van der Waals surface area contributed by atoms with E-state index in [1.165, 1.54) is 47.2 Å². The number of halogens is 6. The standard InChI is InChI=1S/C21H15ClF5N5O/c22-14-6-5-13(9-15(14)24)29-19-17(11-1-3-12(23)4-2-11)30-16-10-31(7-8-32(16)19)20(33)18(28)21(25,26)27/h1-9,18,29H,10,28H2. The SMILES string of the molecule is NC(C(=O)N1C=Cn2c(nc(-c3ccc(F)cc3)c2Nc2ccc(Cl)c(F)c2)C1)C(F)(F)F. The number of anilines is 2. The highest BCUT2D eigenvalue weighted by Gasteiger charge is 2.44. The van der Waals surface area contributed by atoms with Crippen molar-refractivity contribution in [3.05, 3.63) is 71.1 Å². The maximum atomic E-state index is 13.9. The second kappa shape index (κ2) is 8.49. The Morgan fingerprint density at radius 2 is 1.82 bits per heavy atom. The van der Waals surface area contributed by atoms with Crippen molar-refractivity contribution in [1.29, 1.82) is 0 Å². The van der Waals surface area contributed by atoms with Crippen LogP contribution in [0.2, 0.25) is 5.02 Å². The van der Waals surface area contributed by atoms with Gasteiger partial charge in [-0.05, 0) is 42.5 Å². The zero-order valence-corrected chi connectivity index (χ0v) is 17.3. The Morgan fingerprint density at radius 1 is 1.12 bits per heavy atom. The molecule has 2 heterocycles. The van der Waals surface area contributed by atoms with Gasteiger partial charge in [0, 0.05) is 23.7 Å². The fraction of sp³-hybridized carbons (Fsp3) is 0.143. The van der Waals surface area contributed by atoms with Crippen LogP contribution >= 0.6 is 11.6 Å². The van der Waals surface area contributed by atoms with Crippen molar-refractivity contribution < 1.29 is 26.7 Å². The lowest BCUT2D eigenvalue weighted by atomic mass is 10.1. The fourth-order valence-electron chi connectivity index (χ4n) is 3.21. The number of fused-ring (bicyclic) bond motifs is 1. The molecule has 0 saturated carbocycles. The van der Waals surface area contributed by atoms with Gasteiger partial charge in [-0.15, -0.1) is 0 Å². The van der Waals surface area contributed by atoms with Crippen LogP contribution in [0.25, 0.3) is 17.5 Å². The van der Waals surface area contributed by atoms with E-state index in [4.69, 9.17) is 17.3 Å². The molecule has 3 aromatic rings. The summed E-state index contributed by atoms with van der Waals surface area (Å²) >= 11 is 5.73. The van der Waals surface area contributed by atoms with Gasteiger partial charge in [-0.1, -0.05) is 11.6 Å². The molecule has 4 rings (SSSR count). The first kappa shape index (κ1) is 22.7. The van der Waals surface area contributed by atoms with Crippen LogP contribution in [0.3, 0.4) is 0 Å². The van der Waals surface area contributed by atoms with Gasteiger partial charge in [-0.25, -0.2) is 13.8 Å². The molecular formula is C21H15ClF5N5O. The smallest absolute Gasteiger partial charge is 0.339 e. The lowest BCUT2D eigenvalue weighted by molar-refractivity contribution is -0.168. The van der Waals surface area contributed by atoms with Gasteiger partial charge in [-0.3, -0.25) is 9.36 Å². The topological polar surface area (TPSA) is 76.2 Å². The van der Waals surface area contributed by atoms with Gasteiger partial charge in [-0.2, -0.15) is 13.2 Å². The van der Waals surface area contributed by atoms with E-state index in [1.807, 2.05) is 0 Å². The second-order valence-electron chi connectivity index (χ2n) is 7.14. The molecule has 1 aliphatic rings. The summed E-state index contributed by atoms with van der Waals surface area (Å²) in [4.78, 5) is 17.4. The molecule has 0 saturated heterocycles. The number of nitrogens with zero attached hydrogens (tertiary/aromatic N) is 3. The van der Waals surface area contributed by atoms with E-state index in [2.05, 4.69) is 10.3 Å². The molecule has 2 aromatic carbocycles. The lowest BCUT2D eigenvalue weighted by Gasteiger charge is -2.26. The molecule has 33 heavy (non-hydrogen) atoms. The van der Waals surface area contributed by atoms with E-state index >= 15 is 0 Å². The number of alkyl halides is 3. The summed E-state index contributed by atoms with van der Waals surface area (Å²) in [6.45, 7) is -0.302. The van der Waals surface area contributed by atoms with Crippen molar-refractivity contribution in [2.24, 2.45) is 5.73 Å². The largest absolute Gasteiger partial charge is 0.412 e. The third kappa shape index (κ3) is 4.55. The summed E-state index contributed by atoms with van der Waals surface area (Å²) in [6.07, 6.45) is -2.43. The zero-order valence-electron chi connectivity index (χ0n) is 16.6. The summed E-state index contributed by atoms with van der Waals surface area (Å²) in [5.41, 5.74) is 6.14. The van der Waals surface area contributed by atoms with Crippen LogP contribution in [0.15, 0.2) is 48.7 Å². The van der Waals surface area contributed by atoms with Gasteiger partial charge < -0.3 is 16.0 Å². The van der Waals surface area contributed by atoms with Gasteiger partial charge in [0.05, 0.1) is 11.6 Å². The van der Waals surface area contributed by atoms with Crippen molar-refractivity contribution in [3.63, 3.8) is 0 Å². The molecule has 1 amide bonds. The maximum absolute atomic E-state index is 13.9. The van der Waals surface area contributed by atoms with E-state index in [0.717, 1.165) is 17.2 Å².